The third-order valence-electron chi connectivity index (χ3n) is 5.21. The Morgan fingerprint density at radius 2 is 1.85 bits per heavy atom. The second-order valence-corrected chi connectivity index (χ2v) is 7.20. The van der Waals surface area contributed by atoms with Crippen molar-refractivity contribution in [2.45, 2.75) is 40.7 Å². The van der Waals surface area contributed by atoms with E-state index in [0.717, 1.165) is 38.8 Å². The van der Waals surface area contributed by atoms with Crippen LogP contribution in [-0.2, 0) is 16.6 Å². The van der Waals surface area contributed by atoms with E-state index in [0.29, 0.717) is 0 Å². The highest BCUT2D eigenvalue weighted by atomic mass is 16.2. The maximum absolute atomic E-state index is 12.6. The Balaban J connectivity index is 1.97. The normalized spacial score (nSPS) is 13.1. The van der Waals surface area contributed by atoms with Gasteiger partial charge in [0.05, 0.1) is 24.1 Å². The highest BCUT2D eigenvalue weighted by molar-refractivity contribution is 5.95. The number of aromatic nitrogens is 2. The number of hydrogen-bond acceptors (Lipinski definition) is 3. The average Bonchev–Trinajstić information content (AvgIpc) is 2.84. The fourth-order valence-electron chi connectivity index (χ4n) is 2.90. The summed E-state index contributed by atoms with van der Waals surface area (Å²) in [5, 5.41) is 10.2. The molecule has 2 atom stereocenters. The van der Waals surface area contributed by atoms with Crippen LogP contribution in [0, 0.1) is 27.7 Å². The van der Waals surface area contributed by atoms with Crippen LogP contribution in [0.4, 0.5) is 11.4 Å². The van der Waals surface area contributed by atoms with Crippen LogP contribution in [-0.4, -0.2) is 41.2 Å². The Bertz CT molecular complexity index is 856. The summed E-state index contributed by atoms with van der Waals surface area (Å²) in [4.78, 5) is 25.8. The molecule has 0 bridgehead atoms. The van der Waals surface area contributed by atoms with Gasteiger partial charge in [-0.3, -0.25) is 14.3 Å². The zero-order valence-electron chi connectivity index (χ0n) is 17.2. The summed E-state index contributed by atoms with van der Waals surface area (Å²) in [6, 6.07) is 5.44. The number of likely N-dealkylation sites (N-methyl/N-ethyl adjacent to an activating group) is 1. The van der Waals surface area contributed by atoms with E-state index in [2.05, 4.69) is 15.7 Å². The maximum Gasteiger partial charge on any atom is 0.282 e. The number of quaternary nitrogens is 1. The van der Waals surface area contributed by atoms with Crippen molar-refractivity contribution in [3.8, 4) is 0 Å². The highest BCUT2D eigenvalue weighted by Gasteiger charge is 2.25. The summed E-state index contributed by atoms with van der Waals surface area (Å²) < 4.78 is 1.74. The lowest BCUT2D eigenvalue weighted by molar-refractivity contribution is -0.885. The first-order valence-corrected chi connectivity index (χ1v) is 9.11. The van der Waals surface area contributed by atoms with E-state index >= 15 is 0 Å². The number of aryl methyl sites for hydroxylation is 3. The molecule has 0 spiro atoms. The number of amides is 2. The van der Waals surface area contributed by atoms with Gasteiger partial charge in [-0.1, -0.05) is 12.1 Å². The van der Waals surface area contributed by atoms with Gasteiger partial charge in [-0.05, 0) is 51.8 Å². The van der Waals surface area contributed by atoms with Gasteiger partial charge >= 0.3 is 0 Å². The molecule has 0 aliphatic rings. The van der Waals surface area contributed by atoms with Crippen molar-refractivity contribution in [1.29, 1.82) is 0 Å². The molecule has 1 aromatic heterocycles. The summed E-state index contributed by atoms with van der Waals surface area (Å²) >= 11 is 0. The number of rotatable bonds is 6. The molecule has 0 saturated heterocycles. The summed E-state index contributed by atoms with van der Waals surface area (Å²) in [5.74, 6) is -0.249. The van der Waals surface area contributed by atoms with Crippen LogP contribution in [0.1, 0.15) is 29.4 Å². The molecule has 2 aromatic rings. The van der Waals surface area contributed by atoms with E-state index in [1.807, 2.05) is 66.9 Å². The molecule has 0 aliphatic carbocycles. The molecule has 27 heavy (non-hydrogen) atoms. The number of anilines is 2. The quantitative estimate of drug-likeness (QED) is 0.711. The van der Waals surface area contributed by atoms with Crippen LogP contribution in [0.5, 0.6) is 0 Å². The van der Waals surface area contributed by atoms with Gasteiger partial charge in [-0.2, -0.15) is 5.10 Å². The van der Waals surface area contributed by atoms with Gasteiger partial charge in [-0.15, -0.1) is 0 Å². The van der Waals surface area contributed by atoms with Crippen LogP contribution >= 0.6 is 0 Å². The van der Waals surface area contributed by atoms with Crippen molar-refractivity contribution < 1.29 is 14.5 Å². The SMILES string of the molecule is Cc1cccc(NC(=O)C[NH+](C)[C@H](C)C(=O)Nc2c(C)nn(C)c2C)c1C. The zero-order chi connectivity index (χ0) is 20.3. The van der Waals surface area contributed by atoms with E-state index in [-0.39, 0.29) is 24.4 Å². The van der Waals surface area contributed by atoms with E-state index in [1.54, 1.807) is 4.68 Å². The number of nitrogens with one attached hydrogen (secondary N) is 3. The van der Waals surface area contributed by atoms with Gasteiger partial charge in [0.1, 0.15) is 0 Å². The zero-order valence-corrected chi connectivity index (χ0v) is 17.2. The topological polar surface area (TPSA) is 80.5 Å². The molecule has 7 heteroatoms. The molecule has 146 valence electrons. The second-order valence-electron chi connectivity index (χ2n) is 7.20. The van der Waals surface area contributed by atoms with Crippen molar-refractivity contribution in [3.63, 3.8) is 0 Å². The molecular weight excluding hydrogens is 342 g/mol. The Kier molecular flexibility index (Phi) is 6.38. The van der Waals surface area contributed by atoms with Gasteiger partial charge in [0, 0.05) is 12.7 Å². The number of nitrogens with zero attached hydrogens (tertiary/aromatic N) is 2. The minimum absolute atomic E-state index is 0.116. The second kappa shape index (κ2) is 8.35. The molecule has 0 aliphatic heterocycles. The maximum atomic E-state index is 12.6. The van der Waals surface area contributed by atoms with Gasteiger partial charge < -0.3 is 15.5 Å². The first-order valence-electron chi connectivity index (χ1n) is 9.11. The molecule has 0 radical (unpaired) electrons. The molecule has 0 fully saturated rings. The van der Waals surface area contributed by atoms with Gasteiger partial charge in [-0.25, -0.2) is 0 Å². The molecule has 2 amide bonds. The van der Waals surface area contributed by atoms with Crippen LogP contribution in [0.25, 0.3) is 0 Å². The van der Waals surface area contributed by atoms with E-state index in [1.165, 1.54) is 0 Å². The third-order valence-corrected chi connectivity index (χ3v) is 5.21. The van der Waals surface area contributed by atoms with E-state index in [9.17, 15) is 9.59 Å². The van der Waals surface area contributed by atoms with Crippen molar-refractivity contribution in [1.82, 2.24) is 9.78 Å². The van der Waals surface area contributed by atoms with Crippen molar-refractivity contribution in [3.05, 3.63) is 40.7 Å². The van der Waals surface area contributed by atoms with Gasteiger partial charge in [0.15, 0.2) is 12.6 Å². The molecule has 7 nitrogen and oxygen atoms in total. The van der Waals surface area contributed by atoms with Crippen molar-refractivity contribution in [2.75, 3.05) is 24.2 Å². The molecule has 1 aromatic carbocycles. The number of carbonyl (C=O) groups is 2. The largest absolute Gasteiger partial charge is 0.321 e. The number of carbonyl (C=O) groups excluding carboxylic acids is 2. The Morgan fingerprint density at radius 3 is 2.44 bits per heavy atom. The molecule has 1 unspecified atom stereocenters. The molecule has 0 saturated carbocycles. The lowest BCUT2D eigenvalue weighted by Crippen LogP contribution is -3.14. The van der Waals surface area contributed by atoms with Crippen LogP contribution in [0.3, 0.4) is 0 Å². The Morgan fingerprint density at radius 1 is 1.19 bits per heavy atom. The minimum atomic E-state index is -0.381. The Hall–Kier alpha value is -2.67. The molecule has 2 rings (SSSR count). The predicted octanol–water partition coefficient (Wildman–Crippen LogP) is 1.13. The summed E-state index contributed by atoms with van der Waals surface area (Å²) in [6.45, 7) is 9.78. The fourth-order valence-corrected chi connectivity index (χ4v) is 2.90. The molecule has 3 N–H and O–H groups in total. The van der Waals surface area contributed by atoms with E-state index in [4.69, 9.17) is 0 Å². The summed E-state index contributed by atoms with van der Waals surface area (Å²) in [6.07, 6.45) is 0. The predicted molar refractivity (Wildman–Crippen MR) is 107 cm³/mol. The lowest BCUT2D eigenvalue weighted by Gasteiger charge is -2.21. The average molecular weight is 372 g/mol. The smallest absolute Gasteiger partial charge is 0.282 e. The van der Waals surface area contributed by atoms with Crippen LogP contribution in [0.2, 0.25) is 0 Å². The van der Waals surface area contributed by atoms with Crippen LogP contribution in [0.15, 0.2) is 18.2 Å². The first-order chi connectivity index (χ1) is 12.6. The van der Waals surface area contributed by atoms with E-state index < -0.39 is 0 Å². The standard InChI is InChI=1S/C20H29N5O2/c1-12-9-8-10-17(13(12)2)21-18(26)11-24(6)16(5)20(27)22-19-14(3)23-25(7)15(19)4/h8-10,16H,11H2,1-7H3,(H,21,26)(H,22,27)/p+1/t16-/m1/s1. The van der Waals surface area contributed by atoms with Crippen molar-refractivity contribution in [2.24, 2.45) is 7.05 Å². The lowest BCUT2D eigenvalue weighted by atomic mass is 10.1. The monoisotopic (exact) mass is 372 g/mol. The summed E-state index contributed by atoms with van der Waals surface area (Å²) in [5.41, 5.74) is 5.41. The number of benzene rings is 1. The first kappa shape index (κ1) is 20.6. The highest BCUT2D eigenvalue weighted by Crippen LogP contribution is 2.18. The van der Waals surface area contributed by atoms with Gasteiger partial charge in [0.25, 0.3) is 11.8 Å². The fraction of sp³-hybridized carbons (Fsp3) is 0.450. The number of hydrogen-bond donors (Lipinski definition) is 3. The summed E-state index contributed by atoms with van der Waals surface area (Å²) in [7, 11) is 3.69. The van der Waals surface area contributed by atoms with Gasteiger partial charge in [0.2, 0.25) is 0 Å². The minimum Gasteiger partial charge on any atom is -0.321 e. The van der Waals surface area contributed by atoms with Crippen LogP contribution < -0.4 is 15.5 Å². The third kappa shape index (κ3) is 4.74. The van der Waals surface area contributed by atoms with Crippen molar-refractivity contribution >= 4 is 23.2 Å². The molecule has 1 heterocycles. The molecular formula is C20H30N5O2+. The Labute approximate surface area is 160 Å².